The number of carbonyl (C=O) groups excluding carboxylic acids is 2. The highest BCUT2D eigenvalue weighted by Crippen LogP contribution is 2.36. The maximum atomic E-state index is 12.6. The zero-order valence-electron chi connectivity index (χ0n) is 16.4. The molecular weight excluding hydrogens is 374 g/mol. The standard InChI is InChI=1S/C21H23N3O5/c1-3-4-5-12-23-18-13-16(8-11-19(18)29-14(2)21(23)26)22-20(25)15-6-9-17(10-7-15)24(27)28/h6-11,13-14H,3-5,12H2,1-2H3,(H,22,25). The molecule has 0 radical (unpaired) electrons. The quantitative estimate of drug-likeness (QED) is 0.430. The van der Waals surface area contributed by atoms with Crippen LogP contribution in [0.5, 0.6) is 5.75 Å². The second-order valence-corrected chi connectivity index (χ2v) is 6.90. The molecule has 0 saturated carbocycles. The van der Waals surface area contributed by atoms with Gasteiger partial charge in [0.15, 0.2) is 6.10 Å². The first-order valence-electron chi connectivity index (χ1n) is 9.58. The minimum Gasteiger partial charge on any atom is -0.479 e. The van der Waals surface area contributed by atoms with Crippen LogP contribution < -0.4 is 15.0 Å². The molecule has 1 heterocycles. The number of carbonyl (C=O) groups is 2. The largest absolute Gasteiger partial charge is 0.479 e. The van der Waals surface area contributed by atoms with Gasteiger partial charge in [-0.25, -0.2) is 0 Å². The van der Waals surface area contributed by atoms with Crippen LogP contribution >= 0.6 is 0 Å². The monoisotopic (exact) mass is 397 g/mol. The van der Waals surface area contributed by atoms with Gasteiger partial charge in [0, 0.05) is 29.9 Å². The molecule has 2 aromatic rings. The average molecular weight is 397 g/mol. The number of amides is 2. The van der Waals surface area contributed by atoms with Crippen molar-refractivity contribution in [1.82, 2.24) is 0 Å². The lowest BCUT2D eigenvalue weighted by molar-refractivity contribution is -0.384. The summed E-state index contributed by atoms with van der Waals surface area (Å²) >= 11 is 0. The highest BCUT2D eigenvalue weighted by Gasteiger charge is 2.31. The number of nitro groups is 1. The van der Waals surface area contributed by atoms with Crippen LogP contribution in [0.3, 0.4) is 0 Å². The summed E-state index contributed by atoms with van der Waals surface area (Å²) in [6.07, 6.45) is 2.40. The van der Waals surface area contributed by atoms with E-state index in [1.54, 1.807) is 30.0 Å². The van der Waals surface area contributed by atoms with Gasteiger partial charge in [0.25, 0.3) is 17.5 Å². The third kappa shape index (κ3) is 4.53. The summed E-state index contributed by atoms with van der Waals surface area (Å²) < 4.78 is 5.69. The lowest BCUT2D eigenvalue weighted by atomic mass is 10.1. The molecule has 0 aromatic heterocycles. The van der Waals surface area contributed by atoms with E-state index in [-0.39, 0.29) is 11.6 Å². The molecule has 152 valence electrons. The molecule has 1 aliphatic heterocycles. The molecule has 0 spiro atoms. The maximum absolute atomic E-state index is 12.6. The first-order valence-corrected chi connectivity index (χ1v) is 9.58. The van der Waals surface area contributed by atoms with E-state index in [1.807, 2.05) is 0 Å². The van der Waals surface area contributed by atoms with Crippen molar-refractivity contribution < 1.29 is 19.2 Å². The highest BCUT2D eigenvalue weighted by molar-refractivity contribution is 6.05. The molecule has 0 aliphatic carbocycles. The Morgan fingerprint density at radius 1 is 1.21 bits per heavy atom. The van der Waals surface area contributed by atoms with Crippen molar-refractivity contribution in [2.45, 2.75) is 39.2 Å². The van der Waals surface area contributed by atoms with Crippen molar-refractivity contribution in [1.29, 1.82) is 0 Å². The Morgan fingerprint density at radius 3 is 2.59 bits per heavy atom. The average Bonchev–Trinajstić information content (AvgIpc) is 2.71. The third-order valence-corrected chi connectivity index (χ3v) is 4.75. The fourth-order valence-electron chi connectivity index (χ4n) is 3.17. The third-order valence-electron chi connectivity index (χ3n) is 4.75. The van der Waals surface area contributed by atoms with Gasteiger partial charge in [0.1, 0.15) is 5.75 Å². The van der Waals surface area contributed by atoms with Crippen LogP contribution in [-0.4, -0.2) is 29.4 Å². The molecule has 1 unspecified atom stereocenters. The number of ether oxygens (including phenoxy) is 1. The zero-order chi connectivity index (χ0) is 21.0. The Labute approximate surface area is 168 Å². The van der Waals surface area contributed by atoms with E-state index in [2.05, 4.69) is 12.2 Å². The number of rotatable bonds is 7. The van der Waals surface area contributed by atoms with E-state index in [0.717, 1.165) is 19.3 Å². The molecule has 1 aliphatic rings. The van der Waals surface area contributed by atoms with Crippen LogP contribution in [0.2, 0.25) is 0 Å². The van der Waals surface area contributed by atoms with Crippen LogP contribution in [0.1, 0.15) is 43.5 Å². The number of unbranched alkanes of at least 4 members (excludes halogenated alkanes) is 2. The minimum atomic E-state index is -0.551. The van der Waals surface area contributed by atoms with Gasteiger partial charge in [-0.15, -0.1) is 0 Å². The number of fused-ring (bicyclic) bond motifs is 1. The molecule has 0 bridgehead atoms. The number of anilines is 2. The van der Waals surface area contributed by atoms with E-state index < -0.39 is 16.9 Å². The molecule has 8 heteroatoms. The molecule has 2 amide bonds. The molecule has 1 atom stereocenters. The Morgan fingerprint density at radius 2 is 1.93 bits per heavy atom. The van der Waals surface area contributed by atoms with Crippen LogP contribution in [0.15, 0.2) is 42.5 Å². The number of nitrogens with one attached hydrogen (secondary N) is 1. The first-order chi connectivity index (χ1) is 13.9. The second kappa shape index (κ2) is 8.72. The fraction of sp³-hybridized carbons (Fsp3) is 0.333. The molecule has 3 rings (SSSR count). The number of nitrogens with zero attached hydrogens (tertiary/aromatic N) is 2. The summed E-state index contributed by atoms with van der Waals surface area (Å²) in [6, 6.07) is 10.5. The first kappa shape index (κ1) is 20.3. The summed E-state index contributed by atoms with van der Waals surface area (Å²) in [7, 11) is 0. The van der Waals surface area contributed by atoms with Crippen molar-refractivity contribution in [3.63, 3.8) is 0 Å². The van der Waals surface area contributed by atoms with Gasteiger partial charge in [-0.2, -0.15) is 0 Å². The highest BCUT2D eigenvalue weighted by atomic mass is 16.6. The van der Waals surface area contributed by atoms with E-state index in [4.69, 9.17) is 4.74 Å². The van der Waals surface area contributed by atoms with Crippen molar-refractivity contribution >= 4 is 28.9 Å². The van der Waals surface area contributed by atoms with Gasteiger partial charge in [0.2, 0.25) is 0 Å². The van der Waals surface area contributed by atoms with Gasteiger partial charge in [-0.1, -0.05) is 19.8 Å². The van der Waals surface area contributed by atoms with Gasteiger partial charge in [0.05, 0.1) is 10.6 Å². The summed E-state index contributed by atoms with van der Waals surface area (Å²) in [5, 5.41) is 13.5. The van der Waals surface area contributed by atoms with Crippen LogP contribution in [0, 0.1) is 10.1 Å². The van der Waals surface area contributed by atoms with E-state index in [9.17, 15) is 19.7 Å². The summed E-state index contributed by atoms with van der Waals surface area (Å²) in [5.41, 5.74) is 1.36. The number of non-ortho nitro benzene ring substituents is 1. The SMILES string of the molecule is CCCCCN1C(=O)C(C)Oc2ccc(NC(=O)c3ccc([N+](=O)[O-])cc3)cc21. The van der Waals surface area contributed by atoms with Gasteiger partial charge < -0.3 is 15.0 Å². The molecular formula is C21H23N3O5. The number of hydrogen-bond donors (Lipinski definition) is 1. The van der Waals surface area contributed by atoms with Crippen LogP contribution in [-0.2, 0) is 4.79 Å². The summed E-state index contributed by atoms with van der Waals surface area (Å²) in [6.45, 7) is 4.42. The summed E-state index contributed by atoms with van der Waals surface area (Å²) in [5.74, 6) is 0.100. The van der Waals surface area contributed by atoms with E-state index in [0.29, 0.717) is 29.2 Å². The van der Waals surface area contributed by atoms with E-state index in [1.165, 1.54) is 24.3 Å². The number of benzene rings is 2. The lowest BCUT2D eigenvalue weighted by Gasteiger charge is -2.33. The van der Waals surface area contributed by atoms with Crippen molar-refractivity contribution in [3.8, 4) is 5.75 Å². The second-order valence-electron chi connectivity index (χ2n) is 6.90. The van der Waals surface area contributed by atoms with Crippen LogP contribution in [0.25, 0.3) is 0 Å². The Bertz CT molecular complexity index is 926. The van der Waals surface area contributed by atoms with Crippen molar-refractivity contribution in [3.05, 3.63) is 58.1 Å². The minimum absolute atomic E-state index is 0.0807. The smallest absolute Gasteiger partial charge is 0.269 e. The molecule has 29 heavy (non-hydrogen) atoms. The summed E-state index contributed by atoms with van der Waals surface area (Å²) in [4.78, 5) is 37.0. The Hall–Kier alpha value is -3.42. The predicted molar refractivity (Wildman–Crippen MR) is 109 cm³/mol. The zero-order valence-corrected chi connectivity index (χ0v) is 16.4. The normalized spacial score (nSPS) is 15.4. The maximum Gasteiger partial charge on any atom is 0.269 e. The van der Waals surface area contributed by atoms with Gasteiger partial charge in [-0.3, -0.25) is 19.7 Å². The van der Waals surface area contributed by atoms with Crippen LogP contribution in [0.4, 0.5) is 17.1 Å². The Balaban J connectivity index is 1.80. The van der Waals surface area contributed by atoms with Gasteiger partial charge >= 0.3 is 0 Å². The molecule has 8 nitrogen and oxygen atoms in total. The molecule has 0 fully saturated rings. The lowest BCUT2D eigenvalue weighted by Crippen LogP contribution is -2.44. The molecule has 1 N–H and O–H groups in total. The number of hydrogen-bond acceptors (Lipinski definition) is 5. The van der Waals surface area contributed by atoms with Crippen molar-refractivity contribution in [2.75, 3.05) is 16.8 Å². The topological polar surface area (TPSA) is 102 Å². The molecule has 2 aromatic carbocycles. The van der Waals surface area contributed by atoms with Crippen molar-refractivity contribution in [2.24, 2.45) is 0 Å². The van der Waals surface area contributed by atoms with E-state index >= 15 is 0 Å². The van der Waals surface area contributed by atoms with Gasteiger partial charge in [-0.05, 0) is 43.7 Å². The molecule has 0 saturated heterocycles. The fourth-order valence-corrected chi connectivity index (χ4v) is 3.17. The Kier molecular flexibility index (Phi) is 6.11. The number of nitro benzene ring substituents is 1. The predicted octanol–water partition coefficient (Wildman–Crippen LogP) is 4.15.